The molecule has 1 aromatic heterocycles. The van der Waals surface area contributed by atoms with Crippen molar-refractivity contribution in [2.45, 2.75) is 6.54 Å². The van der Waals surface area contributed by atoms with Crippen molar-refractivity contribution in [1.29, 1.82) is 0 Å². The topological polar surface area (TPSA) is 47.0 Å². The van der Waals surface area contributed by atoms with Gasteiger partial charge in [-0.25, -0.2) is 4.98 Å². The number of rotatable bonds is 4. The van der Waals surface area contributed by atoms with Crippen LogP contribution in [0.4, 0.5) is 5.82 Å². The Morgan fingerprint density at radius 2 is 2.12 bits per heavy atom. The van der Waals surface area contributed by atoms with Gasteiger partial charge < -0.3 is 10.1 Å². The second-order valence-corrected chi connectivity index (χ2v) is 3.78. The zero-order valence-corrected chi connectivity index (χ0v) is 10.1. The molecule has 0 aliphatic rings. The maximum absolute atomic E-state index is 5.75. The first-order valence-corrected chi connectivity index (χ1v) is 5.50. The zero-order valence-electron chi connectivity index (χ0n) is 9.35. The second-order valence-electron chi connectivity index (χ2n) is 3.39. The highest BCUT2D eigenvalue weighted by Crippen LogP contribution is 2.18. The number of hydrogen-bond acceptors (Lipinski definition) is 4. The molecule has 1 N–H and O–H groups in total. The van der Waals surface area contributed by atoms with Crippen LogP contribution >= 0.6 is 11.6 Å². The predicted molar refractivity (Wildman–Crippen MR) is 67.4 cm³/mol. The molecule has 0 fully saturated rings. The summed E-state index contributed by atoms with van der Waals surface area (Å²) in [6.07, 6.45) is 3.12. The average Bonchev–Trinajstić information content (AvgIpc) is 2.37. The van der Waals surface area contributed by atoms with Crippen LogP contribution in [0.25, 0.3) is 0 Å². The normalized spacial score (nSPS) is 10.0. The highest BCUT2D eigenvalue weighted by atomic mass is 35.5. The lowest BCUT2D eigenvalue weighted by Crippen LogP contribution is -2.03. The molecule has 2 aromatic rings. The molecule has 1 aromatic carbocycles. The van der Waals surface area contributed by atoms with Crippen molar-refractivity contribution >= 4 is 17.4 Å². The van der Waals surface area contributed by atoms with Gasteiger partial charge in [0.15, 0.2) is 0 Å². The number of aromatic nitrogens is 2. The number of benzene rings is 1. The summed E-state index contributed by atoms with van der Waals surface area (Å²) in [5, 5.41) is 3.51. The first-order valence-electron chi connectivity index (χ1n) is 5.13. The molecule has 0 radical (unpaired) electrons. The highest BCUT2D eigenvalue weighted by molar-refractivity contribution is 6.29. The van der Waals surface area contributed by atoms with Gasteiger partial charge in [0.1, 0.15) is 16.7 Å². The van der Waals surface area contributed by atoms with Gasteiger partial charge in [0.05, 0.1) is 19.5 Å². The monoisotopic (exact) mass is 249 g/mol. The minimum absolute atomic E-state index is 0.370. The molecule has 0 bridgehead atoms. The van der Waals surface area contributed by atoms with Crippen LogP contribution < -0.4 is 10.1 Å². The summed E-state index contributed by atoms with van der Waals surface area (Å²) in [6.45, 7) is 0.610. The van der Waals surface area contributed by atoms with E-state index in [1.165, 1.54) is 6.20 Å². The Morgan fingerprint density at radius 1 is 1.29 bits per heavy atom. The van der Waals surface area contributed by atoms with Gasteiger partial charge in [0.2, 0.25) is 0 Å². The van der Waals surface area contributed by atoms with Gasteiger partial charge >= 0.3 is 0 Å². The lowest BCUT2D eigenvalue weighted by molar-refractivity contribution is 0.410. The lowest BCUT2D eigenvalue weighted by atomic mass is 10.2. The molecule has 88 valence electrons. The number of nitrogens with one attached hydrogen (secondary N) is 1. The van der Waals surface area contributed by atoms with Crippen LogP contribution in [0.15, 0.2) is 36.7 Å². The van der Waals surface area contributed by atoms with Crippen molar-refractivity contribution in [3.8, 4) is 5.75 Å². The molecule has 0 saturated heterocycles. The van der Waals surface area contributed by atoms with E-state index < -0.39 is 0 Å². The molecular weight excluding hydrogens is 238 g/mol. The summed E-state index contributed by atoms with van der Waals surface area (Å²) < 4.78 is 5.26. The molecule has 1 heterocycles. The Balaban J connectivity index is 2.07. The molecule has 0 spiro atoms. The summed E-state index contributed by atoms with van der Waals surface area (Å²) in [6, 6.07) is 7.80. The summed E-state index contributed by atoms with van der Waals surface area (Å²) in [7, 11) is 1.65. The van der Waals surface area contributed by atoms with E-state index in [1.54, 1.807) is 13.3 Å². The molecule has 0 aliphatic heterocycles. The molecule has 0 amide bonds. The highest BCUT2D eigenvalue weighted by Gasteiger charge is 2.02. The number of nitrogens with zero attached hydrogens (tertiary/aromatic N) is 2. The minimum Gasteiger partial charge on any atom is -0.496 e. The van der Waals surface area contributed by atoms with Crippen molar-refractivity contribution in [2.75, 3.05) is 12.4 Å². The number of ether oxygens (including phenoxy) is 1. The molecule has 17 heavy (non-hydrogen) atoms. The van der Waals surface area contributed by atoms with E-state index in [1.807, 2.05) is 24.3 Å². The molecule has 5 heteroatoms. The first-order chi connectivity index (χ1) is 8.29. The lowest BCUT2D eigenvalue weighted by Gasteiger charge is -2.09. The second kappa shape index (κ2) is 5.50. The number of para-hydroxylation sites is 1. The van der Waals surface area contributed by atoms with Gasteiger partial charge in [0.25, 0.3) is 0 Å². The quantitative estimate of drug-likeness (QED) is 0.905. The Labute approximate surface area is 105 Å². The molecular formula is C12H12ClN3O. The standard InChI is InChI=1S/C12H12ClN3O/c1-17-10-5-3-2-4-9(10)6-15-12-8-14-7-11(13)16-12/h2-5,7-8H,6H2,1H3,(H,15,16). The fraction of sp³-hybridized carbons (Fsp3) is 0.167. The smallest absolute Gasteiger partial charge is 0.149 e. The van der Waals surface area contributed by atoms with Gasteiger partial charge in [-0.3, -0.25) is 4.98 Å². The van der Waals surface area contributed by atoms with Gasteiger partial charge in [-0.2, -0.15) is 0 Å². The third kappa shape index (κ3) is 3.07. The molecule has 0 saturated carbocycles. The average molecular weight is 250 g/mol. The Bertz CT molecular complexity index is 505. The van der Waals surface area contributed by atoms with Crippen molar-refractivity contribution < 1.29 is 4.74 Å². The third-order valence-corrected chi connectivity index (χ3v) is 2.44. The van der Waals surface area contributed by atoms with E-state index in [2.05, 4.69) is 15.3 Å². The van der Waals surface area contributed by atoms with Crippen molar-refractivity contribution in [3.63, 3.8) is 0 Å². The van der Waals surface area contributed by atoms with Crippen LogP contribution in [0.1, 0.15) is 5.56 Å². The summed E-state index contributed by atoms with van der Waals surface area (Å²) in [4.78, 5) is 8.05. The van der Waals surface area contributed by atoms with E-state index in [9.17, 15) is 0 Å². The zero-order chi connectivity index (χ0) is 12.1. The molecule has 2 rings (SSSR count). The van der Waals surface area contributed by atoms with Crippen LogP contribution in [0.2, 0.25) is 5.15 Å². The summed E-state index contributed by atoms with van der Waals surface area (Å²) >= 11 is 5.75. The summed E-state index contributed by atoms with van der Waals surface area (Å²) in [5.41, 5.74) is 1.05. The number of halogens is 1. The maximum atomic E-state index is 5.75. The van der Waals surface area contributed by atoms with E-state index in [0.29, 0.717) is 17.5 Å². The largest absolute Gasteiger partial charge is 0.496 e. The van der Waals surface area contributed by atoms with Crippen LogP contribution in [-0.2, 0) is 6.54 Å². The van der Waals surface area contributed by atoms with Crippen LogP contribution in [0.5, 0.6) is 5.75 Å². The number of anilines is 1. The maximum Gasteiger partial charge on any atom is 0.149 e. The van der Waals surface area contributed by atoms with Crippen LogP contribution in [0, 0.1) is 0 Å². The third-order valence-electron chi connectivity index (χ3n) is 2.26. The van der Waals surface area contributed by atoms with E-state index >= 15 is 0 Å². The Morgan fingerprint density at radius 3 is 2.88 bits per heavy atom. The van der Waals surface area contributed by atoms with Gasteiger partial charge in [-0.15, -0.1) is 0 Å². The van der Waals surface area contributed by atoms with Crippen molar-refractivity contribution in [1.82, 2.24) is 9.97 Å². The fourth-order valence-electron chi connectivity index (χ4n) is 1.46. The van der Waals surface area contributed by atoms with Gasteiger partial charge in [-0.1, -0.05) is 29.8 Å². The first kappa shape index (κ1) is 11.7. The predicted octanol–water partition coefficient (Wildman–Crippen LogP) is 2.75. The van der Waals surface area contributed by atoms with Crippen molar-refractivity contribution in [3.05, 3.63) is 47.4 Å². The van der Waals surface area contributed by atoms with Crippen molar-refractivity contribution in [2.24, 2.45) is 0 Å². The molecule has 0 unspecified atom stereocenters. The number of methoxy groups -OCH3 is 1. The molecule has 0 atom stereocenters. The fourth-order valence-corrected chi connectivity index (χ4v) is 1.61. The minimum atomic E-state index is 0.370. The van der Waals surface area contributed by atoms with Crippen LogP contribution in [0.3, 0.4) is 0 Å². The van der Waals surface area contributed by atoms with Crippen LogP contribution in [-0.4, -0.2) is 17.1 Å². The van der Waals surface area contributed by atoms with E-state index in [0.717, 1.165) is 11.3 Å². The Hall–Kier alpha value is -1.81. The molecule has 0 aliphatic carbocycles. The van der Waals surface area contributed by atoms with E-state index in [-0.39, 0.29) is 0 Å². The Kier molecular flexibility index (Phi) is 3.77. The molecule has 4 nitrogen and oxygen atoms in total. The van der Waals surface area contributed by atoms with E-state index in [4.69, 9.17) is 16.3 Å². The SMILES string of the molecule is COc1ccccc1CNc1cncc(Cl)n1. The van der Waals surface area contributed by atoms with Gasteiger partial charge in [-0.05, 0) is 6.07 Å². The number of hydrogen-bond donors (Lipinski definition) is 1. The van der Waals surface area contributed by atoms with Gasteiger partial charge in [0, 0.05) is 12.1 Å². The summed E-state index contributed by atoms with van der Waals surface area (Å²) in [5.74, 6) is 1.48.